The normalized spacial score (nSPS) is 21.2. The summed E-state index contributed by atoms with van der Waals surface area (Å²) in [5.41, 5.74) is 1.10. The third-order valence-corrected chi connectivity index (χ3v) is 4.66. The summed E-state index contributed by atoms with van der Waals surface area (Å²) in [6.07, 6.45) is 7.33. The van der Waals surface area contributed by atoms with Gasteiger partial charge in [-0.1, -0.05) is 12.8 Å². The molecule has 1 N–H and O–H groups in total. The predicted octanol–water partition coefficient (Wildman–Crippen LogP) is 3.86. The van der Waals surface area contributed by atoms with E-state index in [1.807, 2.05) is 6.07 Å². The van der Waals surface area contributed by atoms with Gasteiger partial charge in [0.25, 0.3) is 0 Å². The quantitative estimate of drug-likeness (QED) is 0.902. The number of piperidine rings is 1. The maximum absolute atomic E-state index is 13.8. The SMILES string of the molecule is Fc1cc(OCC2CCCC2)cc(C2CCNCC2)c1. The number of benzene rings is 1. The average Bonchev–Trinajstić information content (AvgIpc) is 2.99. The van der Waals surface area contributed by atoms with Gasteiger partial charge < -0.3 is 10.1 Å². The first kappa shape index (κ1) is 13.9. The molecular formula is C17H24FNO. The first-order valence-electron chi connectivity index (χ1n) is 7.95. The molecule has 1 aromatic rings. The molecule has 1 heterocycles. The monoisotopic (exact) mass is 277 g/mol. The van der Waals surface area contributed by atoms with Gasteiger partial charge in [-0.05, 0) is 68.3 Å². The molecule has 0 atom stereocenters. The molecule has 3 heteroatoms. The van der Waals surface area contributed by atoms with Crippen LogP contribution in [0.25, 0.3) is 0 Å². The molecule has 110 valence electrons. The zero-order valence-electron chi connectivity index (χ0n) is 12.0. The summed E-state index contributed by atoms with van der Waals surface area (Å²) in [5, 5.41) is 3.35. The summed E-state index contributed by atoms with van der Waals surface area (Å²) in [7, 11) is 0. The second-order valence-corrected chi connectivity index (χ2v) is 6.21. The largest absolute Gasteiger partial charge is 0.493 e. The number of halogens is 1. The van der Waals surface area contributed by atoms with E-state index in [0.29, 0.717) is 17.6 Å². The van der Waals surface area contributed by atoms with E-state index in [2.05, 4.69) is 5.32 Å². The van der Waals surface area contributed by atoms with Crippen molar-refractivity contribution in [2.24, 2.45) is 5.92 Å². The van der Waals surface area contributed by atoms with Crippen molar-refractivity contribution in [2.45, 2.75) is 44.4 Å². The molecule has 0 unspecified atom stereocenters. The van der Waals surface area contributed by atoms with Gasteiger partial charge in [-0.25, -0.2) is 4.39 Å². The Hall–Kier alpha value is -1.09. The maximum atomic E-state index is 13.8. The fourth-order valence-corrected chi connectivity index (χ4v) is 3.45. The minimum Gasteiger partial charge on any atom is -0.493 e. The molecule has 1 aliphatic carbocycles. The summed E-state index contributed by atoms with van der Waals surface area (Å²) in [6, 6.07) is 5.26. The number of rotatable bonds is 4. The van der Waals surface area contributed by atoms with E-state index in [1.54, 1.807) is 6.07 Å². The van der Waals surface area contributed by atoms with Crippen LogP contribution in [0.15, 0.2) is 18.2 Å². The lowest BCUT2D eigenvalue weighted by Crippen LogP contribution is -2.26. The third kappa shape index (κ3) is 3.51. The van der Waals surface area contributed by atoms with Crippen LogP contribution in [-0.4, -0.2) is 19.7 Å². The van der Waals surface area contributed by atoms with Crippen LogP contribution in [0.1, 0.15) is 50.0 Å². The topological polar surface area (TPSA) is 21.3 Å². The van der Waals surface area contributed by atoms with Gasteiger partial charge in [-0.15, -0.1) is 0 Å². The molecule has 2 fully saturated rings. The lowest BCUT2D eigenvalue weighted by atomic mass is 9.90. The summed E-state index contributed by atoms with van der Waals surface area (Å²) < 4.78 is 19.6. The van der Waals surface area contributed by atoms with Crippen molar-refractivity contribution in [1.82, 2.24) is 5.32 Å². The second-order valence-electron chi connectivity index (χ2n) is 6.21. The molecule has 1 saturated heterocycles. The van der Waals surface area contributed by atoms with E-state index in [1.165, 1.54) is 31.7 Å². The lowest BCUT2D eigenvalue weighted by Gasteiger charge is -2.23. The van der Waals surface area contributed by atoms with Crippen molar-refractivity contribution in [3.8, 4) is 5.75 Å². The van der Waals surface area contributed by atoms with Gasteiger partial charge in [-0.3, -0.25) is 0 Å². The van der Waals surface area contributed by atoms with Crippen LogP contribution in [0.5, 0.6) is 5.75 Å². The number of hydrogen-bond acceptors (Lipinski definition) is 2. The van der Waals surface area contributed by atoms with Crippen LogP contribution in [-0.2, 0) is 0 Å². The lowest BCUT2D eigenvalue weighted by molar-refractivity contribution is 0.250. The van der Waals surface area contributed by atoms with Crippen molar-refractivity contribution in [2.75, 3.05) is 19.7 Å². The molecular weight excluding hydrogens is 253 g/mol. The first-order valence-corrected chi connectivity index (χ1v) is 7.95. The molecule has 2 aliphatic rings. The Balaban J connectivity index is 1.65. The van der Waals surface area contributed by atoms with E-state index in [9.17, 15) is 4.39 Å². The number of ether oxygens (including phenoxy) is 1. The molecule has 0 bridgehead atoms. The summed E-state index contributed by atoms with van der Waals surface area (Å²) in [6.45, 7) is 2.80. The van der Waals surface area contributed by atoms with Gasteiger partial charge in [0.15, 0.2) is 0 Å². The zero-order chi connectivity index (χ0) is 13.8. The summed E-state index contributed by atoms with van der Waals surface area (Å²) in [5.74, 6) is 1.69. The van der Waals surface area contributed by atoms with Crippen molar-refractivity contribution >= 4 is 0 Å². The highest BCUT2D eigenvalue weighted by molar-refractivity contribution is 5.32. The average molecular weight is 277 g/mol. The summed E-state index contributed by atoms with van der Waals surface area (Å²) >= 11 is 0. The van der Waals surface area contributed by atoms with Crippen molar-refractivity contribution < 1.29 is 9.13 Å². The second kappa shape index (κ2) is 6.57. The van der Waals surface area contributed by atoms with Crippen LogP contribution < -0.4 is 10.1 Å². The molecule has 0 aromatic heterocycles. The van der Waals surface area contributed by atoms with Gasteiger partial charge in [0, 0.05) is 6.07 Å². The molecule has 1 aromatic carbocycles. The van der Waals surface area contributed by atoms with Gasteiger partial charge in [0.2, 0.25) is 0 Å². The Morgan fingerprint density at radius 3 is 2.55 bits per heavy atom. The molecule has 0 radical (unpaired) electrons. The maximum Gasteiger partial charge on any atom is 0.127 e. The van der Waals surface area contributed by atoms with E-state index >= 15 is 0 Å². The van der Waals surface area contributed by atoms with Crippen molar-refractivity contribution in [3.63, 3.8) is 0 Å². The third-order valence-electron chi connectivity index (χ3n) is 4.66. The van der Waals surface area contributed by atoms with Crippen LogP contribution in [0.2, 0.25) is 0 Å². The van der Waals surface area contributed by atoms with Crippen LogP contribution in [0.4, 0.5) is 4.39 Å². The predicted molar refractivity (Wildman–Crippen MR) is 78.7 cm³/mol. The van der Waals surface area contributed by atoms with E-state index < -0.39 is 0 Å². The fourth-order valence-electron chi connectivity index (χ4n) is 3.45. The van der Waals surface area contributed by atoms with E-state index in [0.717, 1.165) is 38.1 Å². The van der Waals surface area contributed by atoms with Gasteiger partial charge in [-0.2, -0.15) is 0 Å². The Bertz CT molecular complexity index is 437. The van der Waals surface area contributed by atoms with Gasteiger partial charge >= 0.3 is 0 Å². The molecule has 1 aliphatic heterocycles. The molecule has 3 rings (SSSR count). The summed E-state index contributed by atoms with van der Waals surface area (Å²) in [4.78, 5) is 0. The Morgan fingerprint density at radius 2 is 1.80 bits per heavy atom. The molecule has 20 heavy (non-hydrogen) atoms. The van der Waals surface area contributed by atoms with Crippen LogP contribution in [0.3, 0.4) is 0 Å². The highest BCUT2D eigenvalue weighted by Gasteiger charge is 2.18. The smallest absolute Gasteiger partial charge is 0.127 e. The molecule has 0 spiro atoms. The van der Waals surface area contributed by atoms with E-state index in [4.69, 9.17) is 4.74 Å². The van der Waals surface area contributed by atoms with Crippen molar-refractivity contribution in [3.05, 3.63) is 29.6 Å². The van der Waals surface area contributed by atoms with Crippen LogP contribution >= 0.6 is 0 Å². The Morgan fingerprint density at radius 1 is 1.05 bits per heavy atom. The van der Waals surface area contributed by atoms with Gasteiger partial charge in [0.05, 0.1) is 6.61 Å². The highest BCUT2D eigenvalue weighted by Crippen LogP contribution is 2.30. The Kier molecular flexibility index (Phi) is 4.56. The van der Waals surface area contributed by atoms with Gasteiger partial charge in [0.1, 0.15) is 11.6 Å². The Labute approximate surface area is 120 Å². The first-order chi connectivity index (χ1) is 9.81. The van der Waals surface area contributed by atoms with Crippen molar-refractivity contribution in [1.29, 1.82) is 0 Å². The highest BCUT2D eigenvalue weighted by atomic mass is 19.1. The molecule has 0 amide bonds. The number of nitrogens with one attached hydrogen (secondary N) is 1. The van der Waals surface area contributed by atoms with Crippen LogP contribution in [0, 0.1) is 11.7 Å². The minimum absolute atomic E-state index is 0.164. The molecule has 2 nitrogen and oxygen atoms in total. The molecule has 1 saturated carbocycles. The standard InChI is InChI=1S/C17H24FNO/c18-16-9-15(14-5-7-19-8-6-14)10-17(11-16)20-12-13-3-1-2-4-13/h9-11,13-14,19H,1-8,12H2. The fraction of sp³-hybridized carbons (Fsp3) is 0.647. The zero-order valence-corrected chi connectivity index (χ0v) is 12.0. The minimum atomic E-state index is -0.164. The van der Waals surface area contributed by atoms with E-state index in [-0.39, 0.29) is 5.82 Å². The number of hydrogen-bond donors (Lipinski definition) is 1.